The van der Waals surface area contributed by atoms with E-state index in [0.29, 0.717) is 11.3 Å². The summed E-state index contributed by atoms with van der Waals surface area (Å²) < 4.78 is 13.5. The van der Waals surface area contributed by atoms with Crippen LogP contribution in [0.25, 0.3) is 0 Å². The van der Waals surface area contributed by atoms with Gasteiger partial charge < -0.3 is 4.98 Å². The summed E-state index contributed by atoms with van der Waals surface area (Å²) in [5, 5.41) is 0.750. The lowest BCUT2D eigenvalue weighted by Gasteiger charge is -2.06. The minimum atomic E-state index is -0.309. The lowest BCUT2D eigenvalue weighted by atomic mass is 10.2. The Balaban J connectivity index is 1.85. The van der Waals surface area contributed by atoms with Crippen molar-refractivity contribution in [1.29, 1.82) is 0 Å². The number of rotatable bonds is 3. The number of H-pyrrole nitrogens is 1. The minimum Gasteiger partial charge on any atom is -0.309 e. The first kappa shape index (κ1) is 12.4. The summed E-state index contributed by atoms with van der Waals surface area (Å²) in [5.41, 5.74) is 2.45. The molecular weight excluding hydrogens is 263 g/mol. The SMILES string of the molecule is O=c1nc(SCc2ccccc2F)c2c([nH]1)CCC2. The highest BCUT2D eigenvalue weighted by atomic mass is 32.2. The Bertz CT molecular complexity index is 669. The normalized spacial score (nSPS) is 13.5. The van der Waals surface area contributed by atoms with Crippen molar-refractivity contribution in [2.75, 3.05) is 0 Å². The van der Waals surface area contributed by atoms with Crippen LogP contribution in [0.3, 0.4) is 0 Å². The van der Waals surface area contributed by atoms with Gasteiger partial charge in [0, 0.05) is 17.0 Å². The molecule has 0 atom stereocenters. The summed E-state index contributed by atoms with van der Waals surface area (Å²) >= 11 is 1.44. The van der Waals surface area contributed by atoms with Crippen molar-refractivity contribution in [2.45, 2.75) is 30.0 Å². The van der Waals surface area contributed by atoms with Crippen LogP contribution >= 0.6 is 11.8 Å². The maximum atomic E-state index is 13.5. The molecule has 98 valence electrons. The zero-order valence-corrected chi connectivity index (χ0v) is 11.1. The molecule has 0 fully saturated rings. The molecule has 0 radical (unpaired) electrons. The van der Waals surface area contributed by atoms with Gasteiger partial charge in [0.1, 0.15) is 10.8 Å². The number of hydrogen-bond donors (Lipinski definition) is 1. The molecular formula is C14H13FN2OS. The van der Waals surface area contributed by atoms with Crippen LogP contribution in [0.1, 0.15) is 23.2 Å². The number of halogens is 1. The van der Waals surface area contributed by atoms with E-state index in [9.17, 15) is 9.18 Å². The standard InChI is InChI=1S/C14H13FN2OS/c15-11-6-2-1-4-9(11)8-19-13-10-5-3-7-12(10)16-14(18)17-13/h1-2,4,6H,3,5,7-8H2,(H,16,17,18). The number of thioether (sulfide) groups is 1. The molecule has 0 unspecified atom stereocenters. The van der Waals surface area contributed by atoms with Crippen LogP contribution in [0.4, 0.5) is 4.39 Å². The second kappa shape index (κ2) is 5.17. The molecule has 3 nitrogen and oxygen atoms in total. The van der Waals surface area contributed by atoms with E-state index in [0.717, 1.165) is 35.5 Å². The number of nitrogens with one attached hydrogen (secondary N) is 1. The molecule has 0 saturated heterocycles. The van der Waals surface area contributed by atoms with Crippen molar-refractivity contribution in [3.05, 3.63) is 57.4 Å². The summed E-state index contributed by atoms with van der Waals surface area (Å²) in [6.07, 6.45) is 2.89. The van der Waals surface area contributed by atoms with Crippen molar-refractivity contribution in [2.24, 2.45) is 0 Å². The van der Waals surface area contributed by atoms with Crippen LogP contribution in [0, 0.1) is 5.82 Å². The highest BCUT2D eigenvalue weighted by molar-refractivity contribution is 7.98. The van der Waals surface area contributed by atoms with Crippen LogP contribution in [-0.2, 0) is 18.6 Å². The Labute approximate surface area is 114 Å². The molecule has 5 heteroatoms. The van der Waals surface area contributed by atoms with Crippen LogP contribution < -0.4 is 5.69 Å². The number of aryl methyl sites for hydroxylation is 1. The molecule has 0 bridgehead atoms. The molecule has 1 aliphatic carbocycles. The zero-order valence-electron chi connectivity index (χ0n) is 10.3. The summed E-state index contributed by atoms with van der Waals surface area (Å²) in [6.45, 7) is 0. The molecule has 2 aromatic rings. The molecule has 0 saturated carbocycles. The van der Waals surface area contributed by atoms with Gasteiger partial charge in [-0.15, -0.1) is 11.8 Å². The van der Waals surface area contributed by atoms with Gasteiger partial charge >= 0.3 is 5.69 Å². The lowest BCUT2D eigenvalue weighted by Crippen LogP contribution is -2.14. The maximum Gasteiger partial charge on any atom is 0.346 e. The van der Waals surface area contributed by atoms with E-state index in [2.05, 4.69) is 9.97 Å². The number of aromatic amines is 1. The molecule has 1 aliphatic rings. The third-order valence-electron chi connectivity index (χ3n) is 3.26. The van der Waals surface area contributed by atoms with Gasteiger partial charge in [-0.25, -0.2) is 9.18 Å². The van der Waals surface area contributed by atoms with Gasteiger partial charge in [0.05, 0.1) is 0 Å². The van der Waals surface area contributed by atoms with Gasteiger partial charge in [0.25, 0.3) is 0 Å². The van der Waals surface area contributed by atoms with Crippen molar-refractivity contribution in [3.63, 3.8) is 0 Å². The Morgan fingerprint density at radius 1 is 1.32 bits per heavy atom. The average molecular weight is 276 g/mol. The van der Waals surface area contributed by atoms with E-state index in [4.69, 9.17) is 0 Å². The van der Waals surface area contributed by atoms with Crippen LogP contribution in [-0.4, -0.2) is 9.97 Å². The Hall–Kier alpha value is -1.62. The molecule has 1 N–H and O–H groups in total. The van der Waals surface area contributed by atoms with Crippen LogP contribution in [0.2, 0.25) is 0 Å². The van der Waals surface area contributed by atoms with E-state index in [1.807, 2.05) is 6.07 Å². The highest BCUT2D eigenvalue weighted by Crippen LogP contribution is 2.30. The van der Waals surface area contributed by atoms with Gasteiger partial charge in [-0.1, -0.05) is 18.2 Å². The fraction of sp³-hybridized carbons (Fsp3) is 0.286. The first-order chi connectivity index (χ1) is 9.24. The third-order valence-corrected chi connectivity index (χ3v) is 4.33. The molecule has 19 heavy (non-hydrogen) atoms. The molecule has 1 aromatic carbocycles. The molecule has 0 amide bonds. The van der Waals surface area contributed by atoms with Gasteiger partial charge in [-0.3, -0.25) is 0 Å². The number of fused-ring (bicyclic) bond motifs is 1. The average Bonchev–Trinajstić information content (AvgIpc) is 2.85. The van der Waals surface area contributed by atoms with Gasteiger partial charge in [-0.2, -0.15) is 4.98 Å². The first-order valence-corrected chi connectivity index (χ1v) is 7.21. The zero-order chi connectivity index (χ0) is 13.2. The fourth-order valence-corrected chi connectivity index (χ4v) is 3.39. The van der Waals surface area contributed by atoms with Crippen molar-refractivity contribution < 1.29 is 4.39 Å². The Morgan fingerprint density at radius 3 is 3.00 bits per heavy atom. The number of aromatic nitrogens is 2. The monoisotopic (exact) mass is 276 g/mol. The molecule has 1 heterocycles. The summed E-state index contributed by atoms with van der Waals surface area (Å²) in [5.74, 6) is 0.284. The van der Waals surface area contributed by atoms with E-state index in [1.54, 1.807) is 12.1 Å². The Kier molecular flexibility index (Phi) is 3.38. The molecule has 0 aliphatic heterocycles. The fourth-order valence-electron chi connectivity index (χ4n) is 2.32. The summed E-state index contributed by atoms with van der Waals surface area (Å²) in [7, 11) is 0. The van der Waals surface area contributed by atoms with E-state index in [1.165, 1.54) is 17.8 Å². The lowest BCUT2D eigenvalue weighted by molar-refractivity contribution is 0.617. The predicted molar refractivity (Wildman–Crippen MR) is 72.8 cm³/mol. The van der Waals surface area contributed by atoms with Crippen LogP contribution in [0.15, 0.2) is 34.1 Å². The predicted octanol–water partition coefficient (Wildman–Crippen LogP) is 2.69. The molecule has 1 aromatic heterocycles. The highest BCUT2D eigenvalue weighted by Gasteiger charge is 2.18. The van der Waals surface area contributed by atoms with Gasteiger partial charge in [0.15, 0.2) is 0 Å². The van der Waals surface area contributed by atoms with E-state index >= 15 is 0 Å². The summed E-state index contributed by atoms with van der Waals surface area (Å²) in [6, 6.07) is 6.70. The second-order valence-corrected chi connectivity index (χ2v) is 5.50. The van der Waals surface area contributed by atoms with E-state index in [-0.39, 0.29) is 11.5 Å². The van der Waals surface area contributed by atoms with Gasteiger partial charge in [-0.05, 0) is 30.9 Å². The Morgan fingerprint density at radius 2 is 2.16 bits per heavy atom. The topological polar surface area (TPSA) is 45.8 Å². The smallest absolute Gasteiger partial charge is 0.309 e. The number of benzene rings is 1. The number of hydrogen-bond acceptors (Lipinski definition) is 3. The third kappa shape index (κ3) is 2.56. The van der Waals surface area contributed by atoms with Crippen molar-refractivity contribution in [1.82, 2.24) is 9.97 Å². The van der Waals surface area contributed by atoms with Gasteiger partial charge in [0.2, 0.25) is 0 Å². The first-order valence-electron chi connectivity index (χ1n) is 6.22. The maximum absolute atomic E-state index is 13.5. The van der Waals surface area contributed by atoms with E-state index < -0.39 is 0 Å². The molecule has 3 rings (SSSR count). The van der Waals surface area contributed by atoms with Crippen molar-refractivity contribution >= 4 is 11.8 Å². The van der Waals surface area contributed by atoms with Crippen LogP contribution in [0.5, 0.6) is 0 Å². The largest absolute Gasteiger partial charge is 0.346 e. The minimum absolute atomic E-state index is 0.212. The van der Waals surface area contributed by atoms with Crippen molar-refractivity contribution in [3.8, 4) is 0 Å². The summed E-state index contributed by atoms with van der Waals surface area (Å²) in [4.78, 5) is 18.3. The number of nitrogens with zero attached hydrogens (tertiary/aromatic N) is 1. The second-order valence-electron chi connectivity index (χ2n) is 4.54. The quantitative estimate of drug-likeness (QED) is 0.692. The molecule has 0 spiro atoms.